The van der Waals surface area contributed by atoms with Gasteiger partial charge in [-0.2, -0.15) is 9.36 Å². The Balaban J connectivity index is 1.68. The monoisotopic (exact) mass is 423 g/mol. The van der Waals surface area contributed by atoms with Crippen LogP contribution in [0.3, 0.4) is 0 Å². The minimum absolute atomic E-state index is 0.584. The Kier molecular flexibility index (Phi) is 8.00. The average molecular weight is 424 g/mol. The number of likely N-dealkylation sites (N-methyl/N-ethyl adjacent to an activating group) is 1. The fourth-order valence-corrected chi connectivity index (χ4v) is 3.93. The first-order valence-corrected chi connectivity index (χ1v) is 11.7. The maximum Gasteiger partial charge on any atom is 0.299 e. The third-order valence-corrected chi connectivity index (χ3v) is 6.17. The lowest BCUT2D eigenvalue weighted by molar-refractivity contribution is 0.357. The third kappa shape index (κ3) is 5.89. The van der Waals surface area contributed by atoms with Gasteiger partial charge in [0.1, 0.15) is 5.75 Å². The predicted molar refractivity (Wildman–Crippen MR) is 127 cm³/mol. The highest BCUT2D eigenvalue weighted by molar-refractivity contribution is 7.07. The molecule has 0 aliphatic heterocycles. The normalized spacial score (nSPS) is 11.3. The van der Waals surface area contributed by atoms with E-state index in [2.05, 4.69) is 85.4 Å². The van der Waals surface area contributed by atoms with Crippen LogP contribution in [0.5, 0.6) is 10.9 Å². The van der Waals surface area contributed by atoms with Crippen LogP contribution >= 0.6 is 11.5 Å². The second kappa shape index (κ2) is 10.7. The summed E-state index contributed by atoms with van der Waals surface area (Å²) < 4.78 is 10.6. The van der Waals surface area contributed by atoms with Gasteiger partial charge in [0.05, 0.1) is 0 Å². The van der Waals surface area contributed by atoms with E-state index in [-0.39, 0.29) is 0 Å². The van der Waals surface area contributed by atoms with Gasteiger partial charge in [-0.25, -0.2) is 0 Å². The summed E-state index contributed by atoms with van der Waals surface area (Å²) in [5.74, 6) is 1.59. The summed E-state index contributed by atoms with van der Waals surface area (Å²) in [6, 6.07) is 12.9. The Morgan fingerprint density at radius 1 is 1.00 bits per heavy atom. The molecule has 0 unspecified atom stereocenters. The quantitative estimate of drug-likeness (QED) is 0.375. The first kappa shape index (κ1) is 22.4. The van der Waals surface area contributed by atoms with Gasteiger partial charge in [-0.05, 0) is 75.0 Å². The molecular formula is C25H33N3OS. The molecule has 3 rings (SSSR count). The van der Waals surface area contributed by atoms with Crippen LogP contribution in [0.1, 0.15) is 48.9 Å². The molecule has 0 radical (unpaired) electrons. The lowest BCUT2D eigenvalue weighted by Gasteiger charge is -2.16. The molecular weight excluding hydrogens is 390 g/mol. The van der Waals surface area contributed by atoms with Crippen molar-refractivity contribution in [1.29, 1.82) is 0 Å². The zero-order valence-corrected chi connectivity index (χ0v) is 19.7. The number of hydrogen-bond donors (Lipinski definition) is 0. The summed E-state index contributed by atoms with van der Waals surface area (Å²) in [6.45, 7) is 10.8. The fraction of sp³-hybridized carbons (Fsp3) is 0.440. The maximum atomic E-state index is 6.11. The Morgan fingerprint density at radius 3 is 2.47 bits per heavy atom. The van der Waals surface area contributed by atoms with E-state index in [4.69, 9.17) is 4.74 Å². The van der Waals surface area contributed by atoms with Crippen molar-refractivity contribution in [1.82, 2.24) is 14.3 Å². The summed E-state index contributed by atoms with van der Waals surface area (Å²) in [7, 11) is 2.16. The molecule has 160 valence electrons. The summed E-state index contributed by atoms with van der Waals surface area (Å²) in [5, 5.41) is 0.584. The number of hydrogen-bond acceptors (Lipinski definition) is 5. The lowest BCUT2D eigenvalue weighted by Crippen LogP contribution is -2.20. The smallest absolute Gasteiger partial charge is 0.299 e. The summed E-state index contributed by atoms with van der Waals surface area (Å²) in [5.41, 5.74) is 6.16. The van der Waals surface area contributed by atoms with Gasteiger partial charge in [0, 0.05) is 23.6 Å². The highest BCUT2D eigenvalue weighted by atomic mass is 32.1. The van der Waals surface area contributed by atoms with Crippen molar-refractivity contribution < 1.29 is 4.74 Å². The van der Waals surface area contributed by atoms with Gasteiger partial charge in [0.2, 0.25) is 0 Å². The van der Waals surface area contributed by atoms with Crippen LogP contribution in [0, 0.1) is 13.8 Å². The Labute approximate surface area is 185 Å². The molecule has 30 heavy (non-hydrogen) atoms. The number of nitrogens with zero attached hydrogens (tertiary/aromatic N) is 3. The molecule has 0 N–H and O–H groups in total. The number of benzene rings is 2. The molecule has 0 saturated heterocycles. The Morgan fingerprint density at radius 2 is 1.77 bits per heavy atom. The van der Waals surface area contributed by atoms with E-state index >= 15 is 0 Å². The molecule has 0 atom stereocenters. The second-order valence-corrected chi connectivity index (χ2v) is 8.69. The standard InChI is InChI=1S/C25H33N3OS/c1-6-8-9-20-10-12-21(13-11-20)24-26-25(30-27-24)29-23-17-18(3)22(16-19(23)4)14-15-28(5)7-2/h10-13,16-17H,6-9,14-15H2,1-5H3. The molecule has 1 heterocycles. The molecule has 0 aliphatic carbocycles. The minimum atomic E-state index is 0.584. The first-order valence-electron chi connectivity index (χ1n) is 10.9. The van der Waals surface area contributed by atoms with Crippen LogP contribution < -0.4 is 4.74 Å². The number of ether oxygens (including phenoxy) is 1. The first-order chi connectivity index (χ1) is 14.5. The van der Waals surface area contributed by atoms with Crippen LogP contribution in [0.4, 0.5) is 0 Å². The van der Waals surface area contributed by atoms with E-state index in [0.29, 0.717) is 5.19 Å². The molecule has 0 aliphatic rings. The van der Waals surface area contributed by atoms with Crippen molar-refractivity contribution in [2.24, 2.45) is 0 Å². The van der Waals surface area contributed by atoms with Crippen molar-refractivity contribution in [2.75, 3.05) is 20.1 Å². The number of unbranched alkanes of at least 4 members (excludes halogenated alkanes) is 1. The van der Waals surface area contributed by atoms with E-state index in [1.165, 1.54) is 41.1 Å². The van der Waals surface area contributed by atoms with Crippen LogP contribution in [0.15, 0.2) is 36.4 Å². The van der Waals surface area contributed by atoms with Crippen molar-refractivity contribution in [3.8, 4) is 22.3 Å². The second-order valence-electron chi connectivity index (χ2n) is 7.98. The predicted octanol–water partition coefficient (Wildman–Crippen LogP) is 6.45. The van der Waals surface area contributed by atoms with Crippen molar-refractivity contribution in [2.45, 2.75) is 53.4 Å². The zero-order valence-electron chi connectivity index (χ0n) is 18.9. The zero-order chi connectivity index (χ0) is 21.5. The van der Waals surface area contributed by atoms with Gasteiger partial charge >= 0.3 is 0 Å². The van der Waals surface area contributed by atoms with Crippen LogP contribution in [0.2, 0.25) is 0 Å². The molecule has 1 aromatic heterocycles. The van der Waals surface area contributed by atoms with Gasteiger partial charge in [0.25, 0.3) is 5.19 Å². The molecule has 0 saturated carbocycles. The van der Waals surface area contributed by atoms with E-state index in [9.17, 15) is 0 Å². The highest BCUT2D eigenvalue weighted by Crippen LogP contribution is 2.31. The summed E-state index contributed by atoms with van der Waals surface area (Å²) in [4.78, 5) is 6.94. The van der Waals surface area contributed by atoms with Crippen LogP contribution in [-0.4, -0.2) is 34.4 Å². The van der Waals surface area contributed by atoms with Crippen molar-refractivity contribution >= 4 is 11.5 Å². The number of aryl methyl sites for hydroxylation is 3. The molecule has 5 heteroatoms. The molecule has 0 bridgehead atoms. The molecule has 0 fully saturated rings. The minimum Gasteiger partial charge on any atom is -0.430 e. The average Bonchev–Trinajstić information content (AvgIpc) is 3.22. The van der Waals surface area contributed by atoms with Crippen molar-refractivity contribution in [3.05, 3.63) is 58.7 Å². The van der Waals surface area contributed by atoms with Crippen molar-refractivity contribution in [3.63, 3.8) is 0 Å². The largest absolute Gasteiger partial charge is 0.430 e. The number of aromatic nitrogens is 2. The van der Waals surface area contributed by atoms with E-state index in [1.54, 1.807) is 0 Å². The van der Waals surface area contributed by atoms with Gasteiger partial charge in [-0.15, -0.1) is 0 Å². The van der Waals surface area contributed by atoms with E-state index in [1.807, 2.05) is 0 Å². The molecule has 4 nitrogen and oxygen atoms in total. The van der Waals surface area contributed by atoms with E-state index < -0.39 is 0 Å². The molecule has 2 aromatic carbocycles. The third-order valence-electron chi connectivity index (χ3n) is 5.57. The van der Waals surface area contributed by atoms with Gasteiger partial charge in [-0.1, -0.05) is 50.6 Å². The SMILES string of the molecule is CCCCc1ccc(-c2nsc(Oc3cc(C)c(CCN(C)CC)cc3C)n2)cc1. The van der Waals surface area contributed by atoms with Gasteiger partial charge < -0.3 is 9.64 Å². The molecule has 0 amide bonds. The Hall–Kier alpha value is -2.24. The fourth-order valence-electron chi connectivity index (χ4n) is 3.36. The number of rotatable bonds is 10. The van der Waals surface area contributed by atoms with E-state index in [0.717, 1.165) is 48.6 Å². The van der Waals surface area contributed by atoms with Crippen LogP contribution in [-0.2, 0) is 12.8 Å². The Bertz CT molecular complexity index is 950. The molecule has 0 spiro atoms. The van der Waals surface area contributed by atoms with Gasteiger partial charge in [-0.3, -0.25) is 0 Å². The maximum absolute atomic E-state index is 6.11. The van der Waals surface area contributed by atoms with Crippen LogP contribution in [0.25, 0.3) is 11.4 Å². The molecule has 3 aromatic rings. The summed E-state index contributed by atoms with van der Waals surface area (Å²) >= 11 is 1.30. The summed E-state index contributed by atoms with van der Waals surface area (Å²) in [6.07, 6.45) is 4.61. The topological polar surface area (TPSA) is 38.2 Å². The van der Waals surface area contributed by atoms with Gasteiger partial charge in [0.15, 0.2) is 5.82 Å². The highest BCUT2D eigenvalue weighted by Gasteiger charge is 2.12. The lowest BCUT2D eigenvalue weighted by atomic mass is 10.0.